The van der Waals surface area contributed by atoms with Crippen LogP contribution < -0.4 is 0 Å². The average molecular weight is 608 g/mol. The smallest absolute Gasteiger partial charge is 0.249 e. The zero-order chi connectivity index (χ0) is 32.7. The summed E-state index contributed by atoms with van der Waals surface area (Å²) >= 11 is 0. The molecule has 6 atom stereocenters. The van der Waals surface area contributed by atoms with E-state index in [0.29, 0.717) is 38.9 Å². The average Bonchev–Trinajstić information content (AvgIpc) is 3.51. The Hall–Kier alpha value is -2.97. The van der Waals surface area contributed by atoms with Gasteiger partial charge in [0, 0.05) is 25.2 Å². The molecule has 1 N–H and O–H groups in total. The Morgan fingerprint density at radius 1 is 1.09 bits per heavy atom. The third-order valence-electron chi connectivity index (χ3n) is 9.83. The summed E-state index contributed by atoms with van der Waals surface area (Å²) in [7, 11) is 0. The lowest BCUT2D eigenvalue weighted by molar-refractivity contribution is -0.160. The third kappa shape index (κ3) is 5.76. The molecule has 3 fully saturated rings. The van der Waals surface area contributed by atoms with Crippen LogP contribution in [0.15, 0.2) is 55.6 Å². The van der Waals surface area contributed by atoms with E-state index in [-0.39, 0.29) is 29.7 Å². The lowest BCUT2D eigenvalue weighted by atomic mass is 9.66. The van der Waals surface area contributed by atoms with Crippen LogP contribution in [0.4, 0.5) is 0 Å². The number of aliphatic hydroxyl groups is 1. The molecule has 0 saturated carbocycles. The number of benzene rings is 1. The first-order chi connectivity index (χ1) is 20.6. The molecule has 1 aromatic rings. The van der Waals surface area contributed by atoms with Gasteiger partial charge in [-0.25, -0.2) is 0 Å². The second-order valence-corrected chi connectivity index (χ2v) is 14.9. The molecule has 0 aromatic heterocycles. The highest BCUT2D eigenvalue weighted by molar-refractivity contribution is 5.99. The normalized spacial score (nSPS) is 28.5. The summed E-state index contributed by atoms with van der Waals surface area (Å²) < 4.78 is 6.93. The molecule has 8 heteroatoms. The molecule has 3 aliphatic heterocycles. The Labute approximate surface area is 264 Å². The maximum Gasteiger partial charge on any atom is 0.249 e. The van der Waals surface area contributed by atoms with Crippen molar-refractivity contribution >= 4 is 17.7 Å². The topological polar surface area (TPSA) is 90.4 Å². The van der Waals surface area contributed by atoms with E-state index in [0.717, 1.165) is 12.0 Å². The number of amides is 3. The van der Waals surface area contributed by atoms with Gasteiger partial charge in [-0.3, -0.25) is 14.4 Å². The van der Waals surface area contributed by atoms with Crippen molar-refractivity contribution in [2.24, 2.45) is 17.3 Å². The predicted octanol–water partition coefficient (Wildman–Crippen LogP) is 5.14. The number of carbonyl (C=O) groups is 3. The van der Waals surface area contributed by atoms with Crippen molar-refractivity contribution in [3.63, 3.8) is 0 Å². The van der Waals surface area contributed by atoms with E-state index >= 15 is 4.79 Å². The summed E-state index contributed by atoms with van der Waals surface area (Å²) in [5, 5.41) is 10.8. The highest BCUT2D eigenvalue weighted by Gasteiger charge is 2.79. The molecule has 3 amide bonds. The lowest BCUT2D eigenvalue weighted by Gasteiger charge is -2.46. The zero-order valence-electron chi connectivity index (χ0n) is 27.8. The van der Waals surface area contributed by atoms with Crippen LogP contribution in [0.25, 0.3) is 0 Å². The fourth-order valence-corrected chi connectivity index (χ4v) is 8.60. The minimum absolute atomic E-state index is 0.0753. The Bertz CT molecular complexity index is 1260. The number of hydrogen-bond acceptors (Lipinski definition) is 5. The molecule has 3 aliphatic rings. The molecule has 44 heavy (non-hydrogen) atoms. The van der Waals surface area contributed by atoms with Crippen molar-refractivity contribution in [3.8, 4) is 0 Å². The minimum atomic E-state index is -1.20. The number of rotatable bonds is 13. The van der Waals surface area contributed by atoms with Crippen LogP contribution in [0.2, 0.25) is 0 Å². The fraction of sp³-hybridized carbons (Fsp3) is 0.639. The maximum atomic E-state index is 15.1. The number of fused-ring (bicyclic) bond motifs is 1. The van der Waals surface area contributed by atoms with Crippen LogP contribution in [0, 0.1) is 17.3 Å². The van der Waals surface area contributed by atoms with Gasteiger partial charge in [0.15, 0.2) is 0 Å². The molecule has 0 aliphatic carbocycles. The number of aliphatic hydroxyl groups excluding tert-OH is 1. The summed E-state index contributed by atoms with van der Waals surface area (Å²) in [6.45, 7) is 23.1. The van der Waals surface area contributed by atoms with E-state index in [2.05, 4.69) is 47.8 Å². The van der Waals surface area contributed by atoms with Gasteiger partial charge in [-0.1, -0.05) is 70.2 Å². The maximum absolute atomic E-state index is 15.1. The molecule has 4 rings (SSSR count). The molecule has 1 spiro atoms. The molecular weight excluding hydrogens is 554 g/mol. The van der Waals surface area contributed by atoms with Gasteiger partial charge in [0.2, 0.25) is 17.7 Å². The highest BCUT2D eigenvalue weighted by atomic mass is 16.5. The SMILES string of the molecule is C=CCN(CCC)C(=O)[C@@H]1[C@H]2C(=O)N([C@H](CO)c3ccccc3)C(C(=O)N(CC=C)C(C)(C)CC(C)(C)C)C23CC[C@@]1(C)O3. The van der Waals surface area contributed by atoms with Crippen molar-refractivity contribution in [3.05, 3.63) is 61.2 Å². The van der Waals surface area contributed by atoms with Crippen molar-refractivity contribution < 1.29 is 24.2 Å². The molecule has 0 radical (unpaired) electrons. The summed E-state index contributed by atoms with van der Waals surface area (Å²) in [6.07, 6.45) is 5.93. The summed E-state index contributed by atoms with van der Waals surface area (Å²) in [4.78, 5) is 49.5. The summed E-state index contributed by atoms with van der Waals surface area (Å²) in [5.74, 6) is -2.28. The summed E-state index contributed by atoms with van der Waals surface area (Å²) in [5.41, 5.74) is -2.01. The number of ether oxygens (including phenoxy) is 1. The molecule has 8 nitrogen and oxygen atoms in total. The van der Waals surface area contributed by atoms with Gasteiger partial charge < -0.3 is 24.5 Å². The second-order valence-electron chi connectivity index (χ2n) is 14.9. The van der Waals surface area contributed by atoms with Gasteiger partial charge in [-0.2, -0.15) is 0 Å². The van der Waals surface area contributed by atoms with Crippen LogP contribution in [0.1, 0.15) is 85.8 Å². The first kappa shape index (κ1) is 33.9. The first-order valence-corrected chi connectivity index (χ1v) is 16.1. The van der Waals surface area contributed by atoms with E-state index in [4.69, 9.17) is 4.74 Å². The van der Waals surface area contributed by atoms with E-state index in [1.807, 2.05) is 49.1 Å². The predicted molar refractivity (Wildman–Crippen MR) is 172 cm³/mol. The van der Waals surface area contributed by atoms with Crippen LogP contribution in [-0.4, -0.2) is 86.6 Å². The van der Waals surface area contributed by atoms with E-state index in [9.17, 15) is 14.7 Å². The standard InChI is InChI=1S/C36H53N3O5/c1-10-20-37(21-11-2)30(41)27-28-31(42)39(26(23-40)25-16-14-13-15-17-25)29(36(28)19-18-35(27,9)44-36)32(43)38(22-12-3)34(7,8)24-33(4,5)6/h10,12-17,26-29,40H,1,3,11,18-24H2,2,4-9H3/t26-,27+,28+,29?,35-,36?/m1/s1. The number of nitrogens with zero attached hydrogens (tertiary/aromatic N) is 3. The third-order valence-corrected chi connectivity index (χ3v) is 9.83. The largest absolute Gasteiger partial charge is 0.394 e. The van der Waals surface area contributed by atoms with Crippen molar-refractivity contribution in [2.75, 3.05) is 26.2 Å². The van der Waals surface area contributed by atoms with Crippen molar-refractivity contribution in [1.29, 1.82) is 0 Å². The van der Waals surface area contributed by atoms with E-state index in [1.54, 1.807) is 22.0 Å². The Kier molecular flexibility index (Phi) is 9.58. The molecular formula is C36H53N3O5. The van der Waals surface area contributed by atoms with Gasteiger partial charge in [0.05, 0.1) is 30.1 Å². The minimum Gasteiger partial charge on any atom is -0.394 e. The second kappa shape index (κ2) is 12.4. The van der Waals surface area contributed by atoms with Crippen molar-refractivity contribution in [2.45, 2.75) is 103 Å². The van der Waals surface area contributed by atoms with Gasteiger partial charge in [0.25, 0.3) is 0 Å². The van der Waals surface area contributed by atoms with Crippen LogP contribution in [-0.2, 0) is 19.1 Å². The van der Waals surface area contributed by atoms with E-state index in [1.165, 1.54) is 0 Å². The number of carbonyl (C=O) groups excluding carboxylic acids is 3. The highest BCUT2D eigenvalue weighted by Crippen LogP contribution is 2.64. The molecule has 2 unspecified atom stereocenters. The first-order valence-electron chi connectivity index (χ1n) is 16.1. The molecule has 2 bridgehead atoms. The Morgan fingerprint density at radius 3 is 2.27 bits per heavy atom. The molecule has 3 saturated heterocycles. The Morgan fingerprint density at radius 2 is 1.73 bits per heavy atom. The Balaban J connectivity index is 1.90. The van der Waals surface area contributed by atoms with Crippen LogP contribution in [0.3, 0.4) is 0 Å². The number of likely N-dealkylation sites (tertiary alicyclic amines) is 1. The quantitative estimate of drug-likeness (QED) is 0.314. The van der Waals surface area contributed by atoms with Gasteiger partial charge in [-0.05, 0) is 57.4 Å². The van der Waals surface area contributed by atoms with Gasteiger partial charge >= 0.3 is 0 Å². The van der Waals surface area contributed by atoms with Gasteiger partial charge in [-0.15, -0.1) is 13.2 Å². The molecule has 1 aromatic carbocycles. The molecule has 3 heterocycles. The van der Waals surface area contributed by atoms with Crippen molar-refractivity contribution in [1.82, 2.24) is 14.7 Å². The van der Waals surface area contributed by atoms with Gasteiger partial charge in [0.1, 0.15) is 11.6 Å². The monoisotopic (exact) mass is 607 g/mol. The van der Waals surface area contributed by atoms with Crippen LogP contribution >= 0.6 is 0 Å². The zero-order valence-corrected chi connectivity index (χ0v) is 27.8. The fourth-order valence-electron chi connectivity index (χ4n) is 8.60. The van der Waals surface area contributed by atoms with E-state index < -0.39 is 40.7 Å². The number of hydrogen-bond donors (Lipinski definition) is 1. The molecule has 242 valence electrons. The summed E-state index contributed by atoms with van der Waals surface area (Å²) in [6, 6.07) is 7.53. The lowest BCUT2D eigenvalue weighted by Crippen LogP contribution is -2.61. The van der Waals surface area contributed by atoms with Crippen LogP contribution in [0.5, 0.6) is 0 Å².